The van der Waals surface area contributed by atoms with E-state index in [4.69, 9.17) is 0 Å². The number of hydrogen-bond acceptors (Lipinski definition) is 4. The zero-order valence-corrected chi connectivity index (χ0v) is 18.7. The Kier molecular flexibility index (Phi) is 9.22. The van der Waals surface area contributed by atoms with Crippen molar-refractivity contribution in [3.05, 3.63) is 34.2 Å². The molecule has 0 unspecified atom stereocenters. The monoisotopic (exact) mass is 402 g/mol. The van der Waals surface area contributed by atoms with Gasteiger partial charge in [0.2, 0.25) is 5.56 Å². The van der Waals surface area contributed by atoms with Crippen molar-refractivity contribution in [1.82, 2.24) is 19.7 Å². The van der Waals surface area contributed by atoms with E-state index in [0.29, 0.717) is 0 Å². The number of aromatic nitrogens is 1. The number of pyridine rings is 1. The Morgan fingerprint density at radius 2 is 1.45 bits per heavy atom. The molecule has 4 rings (SSSR count). The Morgan fingerprint density at radius 3 is 1.93 bits per heavy atom. The maximum Gasteiger partial charge on any atom is 0.248 e. The molecule has 2 aliphatic heterocycles. The Morgan fingerprint density at radius 1 is 0.862 bits per heavy atom. The van der Waals surface area contributed by atoms with Gasteiger partial charge in [-0.3, -0.25) is 4.79 Å². The molecular weight excluding hydrogens is 360 g/mol. The molecule has 29 heavy (non-hydrogen) atoms. The lowest BCUT2D eigenvalue weighted by molar-refractivity contribution is 0.0867. The third-order valence-electron chi connectivity index (χ3n) is 7.12. The van der Waals surface area contributed by atoms with E-state index in [-0.39, 0.29) is 5.56 Å². The number of hydrogen-bond donors (Lipinski definition) is 1. The zero-order chi connectivity index (χ0) is 20.5. The van der Waals surface area contributed by atoms with Crippen molar-refractivity contribution in [1.29, 1.82) is 0 Å². The second-order valence-electron chi connectivity index (χ2n) is 9.19. The van der Waals surface area contributed by atoms with Gasteiger partial charge in [0.25, 0.3) is 0 Å². The first-order chi connectivity index (χ1) is 14.2. The maximum absolute atomic E-state index is 10.6. The molecule has 3 aliphatic rings. The maximum atomic E-state index is 10.6. The Bertz CT molecular complexity index is 626. The van der Waals surface area contributed by atoms with Gasteiger partial charge in [0, 0.05) is 51.5 Å². The fraction of sp³-hybridized carbons (Fsp3) is 0.792. The van der Waals surface area contributed by atoms with E-state index < -0.39 is 0 Å². The predicted octanol–water partition coefficient (Wildman–Crippen LogP) is 3.07. The van der Waals surface area contributed by atoms with E-state index in [1.54, 1.807) is 12.3 Å². The van der Waals surface area contributed by atoms with Crippen LogP contribution >= 0.6 is 0 Å². The van der Waals surface area contributed by atoms with E-state index in [9.17, 15) is 4.79 Å². The minimum atomic E-state index is -0.0191. The van der Waals surface area contributed by atoms with Gasteiger partial charge >= 0.3 is 0 Å². The van der Waals surface area contributed by atoms with Crippen molar-refractivity contribution < 1.29 is 0 Å². The SMILES string of the molecule is CCN1CCN(CC2CCN(CC3CCC3)CC2)CC1.CCc1cc[nH]c(=O)c1. The number of nitrogens with zero attached hydrogens (tertiary/aromatic N) is 3. The van der Waals surface area contributed by atoms with Gasteiger partial charge in [0.1, 0.15) is 0 Å². The Labute approximate surface area is 177 Å². The molecule has 1 aromatic heterocycles. The molecule has 1 aromatic rings. The number of likely N-dealkylation sites (tertiary alicyclic amines) is 1. The number of likely N-dealkylation sites (N-methyl/N-ethyl adjacent to an activating group) is 1. The first-order valence-electron chi connectivity index (χ1n) is 12.0. The van der Waals surface area contributed by atoms with Crippen LogP contribution in [-0.4, -0.2) is 78.6 Å². The van der Waals surface area contributed by atoms with Crippen LogP contribution in [0.1, 0.15) is 51.5 Å². The molecule has 0 bridgehead atoms. The van der Waals surface area contributed by atoms with Gasteiger partial charge in [-0.2, -0.15) is 0 Å². The molecule has 0 radical (unpaired) electrons. The molecule has 1 N–H and O–H groups in total. The first-order valence-corrected chi connectivity index (χ1v) is 12.0. The van der Waals surface area contributed by atoms with Crippen LogP contribution in [0.25, 0.3) is 0 Å². The van der Waals surface area contributed by atoms with Gasteiger partial charge in [-0.1, -0.05) is 20.3 Å². The molecule has 0 amide bonds. The van der Waals surface area contributed by atoms with Gasteiger partial charge in [-0.25, -0.2) is 0 Å². The normalized spacial score (nSPS) is 22.7. The molecule has 1 aliphatic carbocycles. The molecule has 3 heterocycles. The fourth-order valence-corrected chi connectivity index (χ4v) is 4.75. The quantitative estimate of drug-likeness (QED) is 0.794. The van der Waals surface area contributed by atoms with Crippen LogP contribution in [0.15, 0.2) is 23.1 Å². The second-order valence-corrected chi connectivity index (χ2v) is 9.19. The average Bonchev–Trinajstić information content (AvgIpc) is 2.73. The predicted molar refractivity (Wildman–Crippen MR) is 121 cm³/mol. The van der Waals surface area contributed by atoms with Crippen LogP contribution < -0.4 is 5.56 Å². The summed E-state index contributed by atoms with van der Waals surface area (Å²) in [5.74, 6) is 2.02. The summed E-state index contributed by atoms with van der Waals surface area (Å²) in [5.41, 5.74) is 1.06. The molecule has 5 nitrogen and oxygen atoms in total. The Hall–Kier alpha value is -1.17. The van der Waals surface area contributed by atoms with Crippen LogP contribution in [0.4, 0.5) is 0 Å². The smallest absolute Gasteiger partial charge is 0.248 e. The van der Waals surface area contributed by atoms with Gasteiger partial charge in [-0.05, 0) is 75.2 Å². The number of rotatable bonds is 6. The van der Waals surface area contributed by atoms with Crippen molar-refractivity contribution >= 4 is 0 Å². The standard InChI is InChI=1S/C17H33N3.C7H9NO/c1-2-18-10-12-20(13-11-18)15-17-6-8-19(9-7-17)14-16-4-3-5-16;1-2-6-3-4-8-7(9)5-6/h16-17H,2-15H2,1H3;3-5H,2H2,1H3,(H,8,9). The highest BCUT2D eigenvalue weighted by atomic mass is 16.1. The summed E-state index contributed by atoms with van der Waals surface area (Å²) in [5, 5.41) is 0. The van der Waals surface area contributed by atoms with Crippen molar-refractivity contribution in [3.63, 3.8) is 0 Å². The minimum Gasteiger partial charge on any atom is -0.329 e. The summed E-state index contributed by atoms with van der Waals surface area (Å²) in [6.07, 6.45) is 9.97. The highest BCUT2D eigenvalue weighted by Crippen LogP contribution is 2.29. The van der Waals surface area contributed by atoms with Gasteiger partial charge in [0.15, 0.2) is 0 Å². The van der Waals surface area contributed by atoms with E-state index in [2.05, 4.69) is 26.6 Å². The van der Waals surface area contributed by atoms with Crippen LogP contribution in [0.5, 0.6) is 0 Å². The highest BCUT2D eigenvalue weighted by molar-refractivity contribution is 5.08. The van der Waals surface area contributed by atoms with Gasteiger partial charge in [0.05, 0.1) is 0 Å². The minimum absolute atomic E-state index is 0.0191. The van der Waals surface area contributed by atoms with E-state index in [1.165, 1.54) is 91.0 Å². The molecular formula is C24H42N4O. The van der Waals surface area contributed by atoms with E-state index in [1.807, 2.05) is 13.0 Å². The lowest BCUT2D eigenvalue weighted by atomic mass is 9.84. The van der Waals surface area contributed by atoms with Crippen LogP contribution in [0, 0.1) is 11.8 Å². The largest absolute Gasteiger partial charge is 0.329 e. The second kappa shape index (κ2) is 11.9. The highest BCUT2D eigenvalue weighted by Gasteiger charge is 2.26. The summed E-state index contributed by atoms with van der Waals surface area (Å²) in [4.78, 5) is 21.2. The molecule has 164 valence electrons. The molecule has 2 saturated heterocycles. The number of piperazine rings is 1. The molecule has 5 heteroatoms. The number of piperidine rings is 1. The number of nitrogens with one attached hydrogen (secondary N) is 1. The van der Waals surface area contributed by atoms with Gasteiger partial charge in [-0.15, -0.1) is 0 Å². The topological polar surface area (TPSA) is 42.6 Å². The van der Waals surface area contributed by atoms with Crippen molar-refractivity contribution in [3.8, 4) is 0 Å². The van der Waals surface area contributed by atoms with E-state index in [0.717, 1.165) is 23.8 Å². The first kappa shape index (κ1) is 22.5. The number of H-pyrrole nitrogens is 1. The van der Waals surface area contributed by atoms with E-state index >= 15 is 0 Å². The lowest BCUT2D eigenvalue weighted by Gasteiger charge is -2.40. The van der Waals surface area contributed by atoms with Crippen LogP contribution in [0.3, 0.4) is 0 Å². The fourth-order valence-electron chi connectivity index (χ4n) is 4.75. The molecule has 0 atom stereocenters. The molecule has 3 fully saturated rings. The molecule has 1 saturated carbocycles. The van der Waals surface area contributed by atoms with Crippen molar-refractivity contribution in [2.75, 3.05) is 58.9 Å². The average molecular weight is 403 g/mol. The summed E-state index contributed by atoms with van der Waals surface area (Å²) >= 11 is 0. The Balaban J connectivity index is 0.000000224. The van der Waals surface area contributed by atoms with Crippen molar-refractivity contribution in [2.24, 2.45) is 11.8 Å². The third kappa shape index (κ3) is 7.54. The van der Waals surface area contributed by atoms with Crippen LogP contribution in [-0.2, 0) is 6.42 Å². The third-order valence-corrected chi connectivity index (χ3v) is 7.12. The van der Waals surface area contributed by atoms with Crippen LogP contribution in [0.2, 0.25) is 0 Å². The van der Waals surface area contributed by atoms with Gasteiger partial charge < -0.3 is 19.7 Å². The number of aryl methyl sites for hydroxylation is 1. The zero-order valence-electron chi connectivity index (χ0n) is 18.7. The summed E-state index contributed by atoms with van der Waals surface area (Å²) < 4.78 is 0. The number of aromatic amines is 1. The molecule has 0 aromatic carbocycles. The van der Waals surface area contributed by atoms with Crippen molar-refractivity contribution in [2.45, 2.75) is 52.4 Å². The summed E-state index contributed by atoms with van der Waals surface area (Å²) in [6.45, 7) is 16.2. The lowest BCUT2D eigenvalue weighted by Crippen LogP contribution is -2.48. The summed E-state index contributed by atoms with van der Waals surface area (Å²) in [6, 6.07) is 3.52. The molecule has 0 spiro atoms. The summed E-state index contributed by atoms with van der Waals surface area (Å²) in [7, 11) is 0.